The average molecular weight is 305 g/mol. The number of hydrogen-bond donors (Lipinski definition) is 1. The third kappa shape index (κ3) is 3.98. The van der Waals surface area contributed by atoms with Crippen molar-refractivity contribution in [2.24, 2.45) is 0 Å². The molecule has 22 heavy (non-hydrogen) atoms. The van der Waals surface area contributed by atoms with E-state index in [1.165, 1.54) is 7.11 Å². The molecular weight excluding hydrogens is 282 g/mol. The molecule has 6 nitrogen and oxygen atoms in total. The molecule has 1 atom stereocenters. The summed E-state index contributed by atoms with van der Waals surface area (Å²) >= 11 is 0. The SMILES string of the molecule is COC(=O)[C@H](C)N1CCN(C(=O)Nc2cccc(C)c2)CC1. The molecule has 1 saturated heterocycles. The second kappa shape index (κ2) is 7.26. The van der Waals surface area contributed by atoms with Gasteiger partial charge in [0, 0.05) is 31.9 Å². The first-order valence-electron chi connectivity index (χ1n) is 7.45. The molecule has 1 aromatic rings. The second-order valence-corrected chi connectivity index (χ2v) is 5.52. The standard InChI is InChI=1S/C16H23N3O3/c1-12-5-4-6-14(11-12)17-16(21)19-9-7-18(8-10-19)13(2)15(20)22-3/h4-6,11,13H,7-10H2,1-3H3,(H,17,21)/t13-/m0/s1. The highest BCUT2D eigenvalue weighted by Gasteiger charge is 2.27. The second-order valence-electron chi connectivity index (χ2n) is 5.52. The van der Waals surface area contributed by atoms with Crippen molar-refractivity contribution in [1.29, 1.82) is 0 Å². The number of benzene rings is 1. The summed E-state index contributed by atoms with van der Waals surface area (Å²) in [5.41, 5.74) is 1.91. The topological polar surface area (TPSA) is 61.9 Å². The number of ether oxygens (including phenoxy) is 1. The molecular formula is C16H23N3O3. The maximum absolute atomic E-state index is 12.3. The van der Waals surface area contributed by atoms with E-state index < -0.39 is 0 Å². The Bertz CT molecular complexity index is 539. The van der Waals surface area contributed by atoms with E-state index in [0.717, 1.165) is 11.3 Å². The highest BCUT2D eigenvalue weighted by molar-refractivity contribution is 5.89. The number of hydrogen-bond acceptors (Lipinski definition) is 4. The number of piperazine rings is 1. The first kappa shape index (κ1) is 16.3. The number of carbonyl (C=O) groups excluding carboxylic acids is 2. The van der Waals surface area contributed by atoms with Crippen LogP contribution in [0, 0.1) is 6.92 Å². The van der Waals surface area contributed by atoms with Gasteiger partial charge < -0.3 is 15.0 Å². The van der Waals surface area contributed by atoms with Crippen molar-refractivity contribution < 1.29 is 14.3 Å². The van der Waals surface area contributed by atoms with Crippen LogP contribution in [0.3, 0.4) is 0 Å². The minimum absolute atomic E-state index is 0.101. The quantitative estimate of drug-likeness (QED) is 0.864. The van der Waals surface area contributed by atoms with Gasteiger partial charge >= 0.3 is 12.0 Å². The van der Waals surface area contributed by atoms with Crippen LogP contribution in [0.4, 0.5) is 10.5 Å². The van der Waals surface area contributed by atoms with Crippen molar-refractivity contribution >= 4 is 17.7 Å². The summed E-state index contributed by atoms with van der Waals surface area (Å²) in [5, 5.41) is 2.91. The number of nitrogens with zero attached hydrogens (tertiary/aromatic N) is 2. The van der Waals surface area contributed by atoms with Crippen LogP contribution in [0.15, 0.2) is 24.3 Å². The van der Waals surface area contributed by atoms with E-state index in [1.54, 1.807) is 4.90 Å². The lowest BCUT2D eigenvalue weighted by Crippen LogP contribution is -2.54. The minimum atomic E-state index is -0.271. The van der Waals surface area contributed by atoms with Crippen LogP contribution in [0.2, 0.25) is 0 Å². The molecule has 0 bridgehead atoms. The maximum Gasteiger partial charge on any atom is 0.322 e. The summed E-state index contributed by atoms with van der Waals surface area (Å²) in [7, 11) is 1.39. The highest BCUT2D eigenvalue weighted by atomic mass is 16.5. The number of carbonyl (C=O) groups is 2. The molecule has 0 unspecified atom stereocenters. The zero-order valence-electron chi connectivity index (χ0n) is 13.3. The van der Waals surface area contributed by atoms with Crippen molar-refractivity contribution in [2.45, 2.75) is 19.9 Å². The van der Waals surface area contributed by atoms with Crippen LogP contribution in [0.5, 0.6) is 0 Å². The third-order valence-electron chi connectivity index (χ3n) is 3.96. The lowest BCUT2D eigenvalue weighted by molar-refractivity contribution is -0.146. The molecule has 0 aromatic heterocycles. The number of amides is 2. The Kier molecular flexibility index (Phi) is 5.38. The van der Waals surface area contributed by atoms with Gasteiger partial charge in [-0.15, -0.1) is 0 Å². The fourth-order valence-corrected chi connectivity index (χ4v) is 2.56. The van der Waals surface area contributed by atoms with Crippen LogP contribution in [-0.4, -0.2) is 61.1 Å². The van der Waals surface area contributed by atoms with Gasteiger partial charge in [0.2, 0.25) is 0 Å². The van der Waals surface area contributed by atoms with Gasteiger partial charge in [-0.05, 0) is 31.5 Å². The van der Waals surface area contributed by atoms with Crippen molar-refractivity contribution in [2.75, 3.05) is 38.6 Å². The number of esters is 1. The van der Waals surface area contributed by atoms with Crippen molar-refractivity contribution in [3.05, 3.63) is 29.8 Å². The van der Waals surface area contributed by atoms with Crippen molar-refractivity contribution in [3.8, 4) is 0 Å². The van der Waals surface area contributed by atoms with Gasteiger partial charge in [-0.1, -0.05) is 12.1 Å². The summed E-state index contributed by atoms with van der Waals surface area (Å²) in [6.45, 7) is 6.34. The highest BCUT2D eigenvalue weighted by Crippen LogP contribution is 2.12. The van der Waals surface area contributed by atoms with Crippen LogP contribution < -0.4 is 5.32 Å². The Labute approximate surface area is 131 Å². The Morgan fingerprint density at radius 2 is 1.91 bits per heavy atom. The number of methoxy groups -OCH3 is 1. The molecule has 0 aliphatic carbocycles. The lowest BCUT2D eigenvalue weighted by atomic mass is 10.2. The molecule has 0 spiro atoms. The smallest absolute Gasteiger partial charge is 0.322 e. The average Bonchev–Trinajstić information content (AvgIpc) is 2.53. The Morgan fingerprint density at radius 3 is 2.50 bits per heavy atom. The van der Waals surface area contributed by atoms with E-state index in [2.05, 4.69) is 5.32 Å². The monoisotopic (exact) mass is 305 g/mol. The molecule has 2 amide bonds. The van der Waals surface area contributed by atoms with E-state index in [4.69, 9.17) is 4.74 Å². The molecule has 1 heterocycles. The molecule has 0 saturated carbocycles. The summed E-state index contributed by atoms with van der Waals surface area (Å²) in [5.74, 6) is -0.238. The first-order valence-corrected chi connectivity index (χ1v) is 7.45. The van der Waals surface area contributed by atoms with Gasteiger partial charge in [0.25, 0.3) is 0 Å². The summed E-state index contributed by atoms with van der Waals surface area (Å²) in [4.78, 5) is 27.6. The number of anilines is 1. The van der Waals surface area contributed by atoms with Crippen molar-refractivity contribution in [3.63, 3.8) is 0 Å². The van der Waals surface area contributed by atoms with Gasteiger partial charge in [0.1, 0.15) is 6.04 Å². The number of aryl methyl sites for hydroxylation is 1. The summed E-state index contributed by atoms with van der Waals surface area (Å²) in [6.07, 6.45) is 0. The fourth-order valence-electron chi connectivity index (χ4n) is 2.56. The van der Waals surface area contributed by atoms with E-state index >= 15 is 0 Å². The van der Waals surface area contributed by atoms with Crippen LogP contribution in [0.25, 0.3) is 0 Å². The molecule has 6 heteroatoms. The van der Waals surface area contributed by atoms with Gasteiger partial charge in [-0.25, -0.2) is 4.79 Å². The van der Waals surface area contributed by atoms with E-state index in [1.807, 2.05) is 43.0 Å². The first-order chi connectivity index (χ1) is 10.5. The summed E-state index contributed by atoms with van der Waals surface area (Å²) in [6, 6.07) is 7.35. The molecule has 1 aliphatic rings. The predicted octanol–water partition coefficient (Wildman–Crippen LogP) is 1.71. The van der Waals surface area contributed by atoms with E-state index in [9.17, 15) is 9.59 Å². The minimum Gasteiger partial charge on any atom is -0.468 e. The van der Waals surface area contributed by atoms with E-state index in [-0.39, 0.29) is 18.0 Å². The molecule has 1 aliphatic heterocycles. The largest absolute Gasteiger partial charge is 0.468 e. The zero-order valence-corrected chi connectivity index (χ0v) is 13.3. The molecule has 120 valence electrons. The normalized spacial score (nSPS) is 17.0. The molecule has 2 rings (SSSR count). The van der Waals surface area contributed by atoms with Gasteiger partial charge in [-0.3, -0.25) is 9.69 Å². The van der Waals surface area contributed by atoms with Gasteiger partial charge in [0.05, 0.1) is 7.11 Å². The summed E-state index contributed by atoms with van der Waals surface area (Å²) < 4.78 is 4.76. The van der Waals surface area contributed by atoms with Gasteiger partial charge in [-0.2, -0.15) is 0 Å². The van der Waals surface area contributed by atoms with Crippen LogP contribution in [-0.2, 0) is 9.53 Å². The van der Waals surface area contributed by atoms with Crippen LogP contribution in [0.1, 0.15) is 12.5 Å². The van der Waals surface area contributed by atoms with Crippen LogP contribution >= 0.6 is 0 Å². The van der Waals surface area contributed by atoms with Crippen molar-refractivity contribution in [1.82, 2.24) is 9.80 Å². The number of rotatable bonds is 3. The predicted molar refractivity (Wildman–Crippen MR) is 84.8 cm³/mol. The number of nitrogens with one attached hydrogen (secondary N) is 1. The Hall–Kier alpha value is -2.08. The molecule has 1 N–H and O–H groups in total. The maximum atomic E-state index is 12.3. The molecule has 1 fully saturated rings. The number of urea groups is 1. The Balaban J connectivity index is 1.86. The van der Waals surface area contributed by atoms with E-state index in [0.29, 0.717) is 26.2 Å². The fraction of sp³-hybridized carbons (Fsp3) is 0.500. The third-order valence-corrected chi connectivity index (χ3v) is 3.96. The zero-order chi connectivity index (χ0) is 16.1. The molecule has 1 aromatic carbocycles. The van der Waals surface area contributed by atoms with Gasteiger partial charge in [0.15, 0.2) is 0 Å². The molecule has 0 radical (unpaired) electrons. The Morgan fingerprint density at radius 1 is 1.23 bits per heavy atom. The lowest BCUT2D eigenvalue weighted by Gasteiger charge is -2.36.